The third-order valence-electron chi connectivity index (χ3n) is 4.43. The van der Waals surface area contributed by atoms with E-state index in [0.717, 1.165) is 50.6 Å². The van der Waals surface area contributed by atoms with Gasteiger partial charge in [-0.3, -0.25) is 4.79 Å². The summed E-state index contributed by atoms with van der Waals surface area (Å²) in [5.74, 6) is 2.60. The molecule has 1 aliphatic heterocycles. The molecule has 0 spiro atoms. The molecular formula is C14H24ClNO. The lowest BCUT2D eigenvalue weighted by molar-refractivity contribution is -0.132. The number of amides is 1. The molecule has 98 valence electrons. The maximum atomic E-state index is 12.0. The number of likely N-dealkylation sites (tertiary alicyclic amines) is 1. The highest BCUT2D eigenvalue weighted by atomic mass is 35.5. The van der Waals surface area contributed by atoms with Crippen molar-refractivity contribution in [3.05, 3.63) is 0 Å². The largest absolute Gasteiger partial charge is 0.343 e. The van der Waals surface area contributed by atoms with Crippen LogP contribution >= 0.6 is 11.6 Å². The van der Waals surface area contributed by atoms with Crippen LogP contribution in [0, 0.1) is 11.8 Å². The van der Waals surface area contributed by atoms with Gasteiger partial charge in [-0.15, -0.1) is 11.6 Å². The average Bonchev–Trinajstić information content (AvgIpc) is 2.89. The van der Waals surface area contributed by atoms with Gasteiger partial charge in [0.1, 0.15) is 0 Å². The van der Waals surface area contributed by atoms with Gasteiger partial charge in [0, 0.05) is 25.4 Å². The lowest BCUT2D eigenvalue weighted by atomic mass is 9.97. The SMILES string of the molecule is O=C(CCC1CCCC1)N1CCC(CCl)CC1. The Morgan fingerprint density at radius 2 is 1.71 bits per heavy atom. The summed E-state index contributed by atoms with van der Waals surface area (Å²) in [6.07, 6.45) is 9.53. The fourth-order valence-corrected chi connectivity index (χ4v) is 3.43. The number of halogens is 1. The van der Waals surface area contributed by atoms with Crippen molar-refractivity contribution in [1.82, 2.24) is 4.90 Å². The third-order valence-corrected chi connectivity index (χ3v) is 4.86. The smallest absolute Gasteiger partial charge is 0.222 e. The van der Waals surface area contributed by atoms with Crippen LogP contribution in [-0.4, -0.2) is 29.8 Å². The summed E-state index contributed by atoms with van der Waals surface area (Å²) in [7, 11) is 0. The standard InChI is InChI=1S/C14H24ClNO/c15-11-13-7-9-16(10-8-13)14(17)6-5-12-3-1-2-4-12/h12-13H,1-11H2. The molecule has 1 saturated heterocycles. The number of hydrogen-bond acceptors (Lipinski definition) is 1. The fraction of sp³-hybridized carbons (Fsp3) is 0.929. The van der Waals surface area contributed by atoms with Gasteiger partial charge in [-0.25, -0.2) is 0 Å². The number of carbonyl (C=O) groups excluding carboxylic acids is 1. The van der Waals surface area contributed by atoms with Gasteiger partial charge in [-0.2, -0.15) is 0 Å². The van der Waals surface area contributed by atoms with E-state index in [9.17, 15) is 4.79 Å². The molecule has 1 amide bonds. The molecule has 0 aromatic carbocycles. The third kappa shape index (κ3) is 3.87. The summed E-state index contributed by atoms with van der Waals surface area (Å²) in [5.41, 5.74) is 0. The molecule has 2 fully saturated rings. The number of nitrogens with zero attached hydrogens (tertiary/aromatic N) is 1. The summed E-state index contributed by atoms with van der Waals surface area (Å²) in [6, 6.07) is 0. The van der Waals surface area contributed by atoms with Crippen molar-refractivity contribution >= 4 is 17.5 Å². The zero-order valence-electron chi connectivity index (χ0n) is 10.7. The van der Waals surface area contributed by atoms with E-state index in [4.69, 9.17) is 11.6 Å². The number of hydrogen-bond donors (Lipinski definition) is 0. The van der Waals surface area contributed by atoms with Gasteiger partial charge in [-0.05, 0) is 31.1 Å². The predicted octanol–water partition coefficient (Wildman–Crippen LogP) is 3.43. The van der Waals surface area contributed by atoms with E-state index >= 15 is 0 Å². The number of rotatable bonds is 4. The van der Waals surface area contributed by atoms with Crippen LogP contribution in [0.25, 0.3) is 0 Å². The van der Waals surface area contributed by atoms with Gasteiger partial charge in [-0.1, -0.05) is 25.7 Å². The molecule has 0 N–H and O–H groups in total. The molecule has 1 heterocycles. The highest BCUT2D eigenvalue weighted by molar-refractivity contribution is 6.18. The van der Waals surface area contributed by atoms with Crippen molar-refractivity contribution in [3.63, 3.8) is 0 Å². The highest BCUT2D eigenvalue weighted by Crippen LogP contribution is 2.29. The van der Waals surface area contributed by atoms with E-state index in [1.807, 2.05) is 0 Å². The minimum absolute atomic E-state index is 0.380. The Morgan fingerprint density at radius 3 is 2.29 bits per heavy atom. The normalized spacial score (nSPS) is 23.2. The molecule has 2 aliphatic rings. The van der Waals surface area contributed by atoms with Crippen LogP contribution in [0.4, 0.5) is 0 Å². The van der Waals surface area contributed by atoms with Gasteiger partial charge >= 0.3 is 0 Å². The highest BCUT2D eigenvalue weighted by Gasteiger charge is 2.23. The van der Waals surface area contributed by atoms with Crippen molar-refractivity contribution < 1.29 is 4.79 Å². The fourth-order valence-electron chi connectivity index (χ4n) is 3.12. The minimum atomic E-state index is 0.380. The van der Waals surface area contributed by atoms with Crippen LogP contribution < -0.4 is 0 Å². The minimum Gasteiger partial charge on any atom is -0.343 e. The van der Waals surface area contributed by atoms with Crippen molar-refractivity contribution in [2.24, 2.45) is 11.8 Å². The Morgan fingerprint density at radius 1 is 1.06 bits per heavy atom. The molecule has 1 saturated carbocycles. The molecular weight excluding hydrogens is 234 g/mol. The van der Waals surface area contributed by atoms with Gasteiger partial charge < -0.3 is 4.90 Å². The van der Waals surface area contributed by atoms with Gasteiger partial charge in [0.15, 0.2) is 0 Å². The summed E-state index contributed by atoms with van der Waals surface area (Å²) in [6.45, 7) is 1.86. The second-order valence-electron chi connectivity index (χ2n) is 5.67. The molecule has 1 aliphatic carbocycles. The number of alkyl halides is 1. The summed E-state index contributed by atoms with van der Waals surface area (Å²) in [4.78, 5) is 14.1. The van der Waals surface area contributed by atoms with Crippen molar-refractivity contribution in [1.29, 1.82) is 0 Å². The first-order valence-corrected chi connectivity index (χ1v) is 7.67. The first-order chi connectivity index (χ1) is 8.29. The van der Waals surface area contributed by atoms with Crippen LogP contribution in [-0.2, 0) is 4.79 Å². The average molecular weight is 258 g/mol. The van der Waals surface area contributed by atoms with Crippen molar-refractivity contribution in [2.45, 2.75) is 51.4 Å². The number of piperidine rings is 1. The predicted molar refractivity (Wildman–Crippen MR) is 71.2 cm³/mol. The van der Waals surface area contributed by atoms with Gasteiger partial charge in [0.25, 0.3) is 0 Å². The first-order valence-electron chi connectivity index (χ1n) is 7.13. The van der Waals surface area contributed by atoms with Crippen LogP contribution in [0.1, 0.15) is 51.4 Å². The monoisotopic (exact) mass is 257 g/mol. The summed E-state index contributed by atoms with van der Waals surface area (Å²) < 4.78 is 0. The second kappa shape index (κ2) is 6.63. The maximum absolute atomic E-state index is 12.0. The van der Waals surface area contributed by atoms with Crippen LogP contribution in [0.3, 0.4) is 0 Å². The molecule has 0 unspecified atom stereocenters. The maximum Gasteiger partial charge on any atom is 0.222 e. The summed E-state index contributed by atoms with van der Waals surface area (Å²) in [5, 5.41) is 0. The van der Waals surface area contributed by atoms with E-state index in [1.165, 1.54) is 25.7 Å². The Balaban J connectivity index is 1.66. The van der Waals surface area contributed by atoms with Crippen LogP contribution in [0.2, 0.25) is 0 Å². The van der Waals surface area contributed by atoms with Gasteiger partial charge in [0.05, 0.1) is 0 Å². The molecule has 3 heteroatoms. The topological polar surface area (TPSA) is 20.3 Å². The number of carbonyl (C=O) groups is 1. The molecule has 2 rings (SSSR count). The van der Waals surface area contributed by atoms with E-state index in [0.29, 0.717) is 11.8 Å². The zero-order valence-corrected chi connectivity index (χ0v) is 11.4. The van der Waals surface area contributed by atoms with E-state index < -0.39 is 0 Å². The first kappa shape index (κ1) is 13.2. The molecule has 17 heavy (non-hydrogen) atoms. The molecule has 0 radical (unpaired) electrons. The summed E-state index contributed by atoms with van der Waals surface area (Å²) >= 11 is 5.85. The molecule has 0 aromatic heterocycles. The molecule has 0 bridgehead atoms. The van der Waals surface area contributed by atoms with Crippen molar-refractivity contribution in [3.8, 4) is 0 Å². The lowest BCUT2D eigenvalue weighted by Crippen LogP contribution is -2.38. The Bertz CT molecular complexity index is 243. The molecule has 2 nitrogen and oxygen atoms in total. The quantitative estimate of drug-likeness (QED) is 0.707. The van der Waals surface area contributed by atoms with E-state index in [-0.39, 0.29) is 0 Å². The Labute approximate surface area is 110 Å². The van der Waals surface area contributed by atoms with Gasteiger partial charge in [0.2, 0.25) is 5.91 Å². The van der Waals surface area contributed by atoms with E-state index in [2.05, 4.69) is 4.90 Å². The Kier molecular flexibility index (Phi) is 5.15. The van der Waals surface area contributed by atoms with E-state index in [1.54, 1.807) is 0 Å². The van der Waals surface area contributed by atoms with Crippen molar-refractivity contribution in [2.75, 3.05) is 19.0 Å². The van der Waals surface area contributed by atoms with Crippen LogP contribution in [0.15, 0.2) is 0 Å². The second-order valence-corrected chi connectivity index (χ2v) is 5.98. The van der Waals surface area contributed by atoms with Crippen LogP contribution in [0.5, 0.6) is 0 Å². The lowest BCUT2D eigenvalue weighted by Gasteiger charge is -2.31. The Hall–Kier alpha value is -0.240. The zero-order chi connectivity index (χ0) is 12.1. The molecule has 0 atom stereocenters. The molecule has 0 aromatic rings.